The Morgan fingerprint density at radius 3 is 2.39 bits per heavy atom. The Balaban J connectivity index is 1.31. The summed E-state index contributed by atoms with van der Waals surface area (Å²) in [6.45, 7) is 5.76. The van der Waals surface area contributed by atoms with E-state index >= 15 is 0 Å². The van der Waals surface area contributed by atoms with Crippen LogP contribution >= 0.6 is 11.6 Å². The Morgan fingerprint density at radius 2 is 1.71 bits per heavy atom. The Hall–Kier alpha value is -3.02. The number of nitrogens with one attached hydrogen (secondary N) is 1. The van der Waals surface area contributed by atoms with Gasteiger partial charge in [0, 0.05) is 17.3 Å². The van der Waals surface area contributed by atoms with Crippen molar-refractivity contribution in [3.05, 3.63) is 93.5 Å². The third kappa shape index (κ3) is 6.12. The van der Waals surface area contributed by atoms with E-state index in [-0.39, 0.29) is 11.4 Å². The molecule has 0 heterocycles. The van der Waals surface area contributed by atoms with Crippen molar-refractivity contribution in [2.45, 2.75) is 76.4 Å². The molecule has 1 spiro atoms. The molecule has 5 rings (SSSR count). The molecule has 2 aliphatic rings. The van der Waals surface area contributed by atoms with Gasteiger partial charge in [-0.25, -0.2) is 4.79 Å². The SMILES string of the molecule is COC(=O)C1(Nc2cccc(Cl)c2)CCC2(CC1)c1cc(C)c(C)cc1CC2CCCOCc1ccc(OC)cc1. The highest BCUT2D eigenvalue weighted by atomic mass is 35.5. The molecule has 1 unspecified atom stereocenters. The summed E-state index contributed by atoms with van der Waals surface area (Å²) in [6, 6.07) is 20.5. The smallest absolute Gasteiger partial charge is 0.331 e. The van der Waals surface area contributed by atoms with E-state index in [1.54, 1.807) is 7.11 Å². The molecule has 218 valence electrons. The average molecular weight is 576 g/mol. The molecule has 1 saturated carbocycles. The first-order valence-corrected chi connectivity index (χ1v) is 15.1. The third-order valence-corrected chi connectivity index (χ3v) is 9.79. The largest absolute Gasteiger partial charge is 0.497 e. The average Bonchev–Trinajstić information content (AvgIpc) is 3.25. The maximum Gasteiger partial charge on any atom is 0.331 e. The van der Waals surface area contributed by atoms with Crippen LogP contribution < -0.4 is 10.1 Å². The second-order valence-corrected chi connectivity index (χ2v) is 12.3. The number of anilines is 1. The third-order valence-electron chi connectivity index (χ3n) is 9.55. The van der Waals surface area contributed by atoms with Crippen molar-refractivity contribution in [3.8, 4) is 5.75 Å². The lowest BCUT2D eigenvalue weighted by molar-refractivity contribution is -0.148. The molecule has 1 atom stereocenters. The second-order valence-electron chi connectivity index (χ2n) is 11.9. The minimum atomic E-state index is -0.765. The van der Waals surface area contributed by atoms with Gasteiger partial charge in [-0.3, -0.25) is 0 Å². The standard InChI is InChI=1S/C35H42ClNO4/c1-24-19-27-21-28(7-6-18-41-23-26-10-12-31(39-3)13-11-26)34(32(27)20-25(24)2)14-16-35(17-15-34,33(38)40-4)37-30-9-5-8-29(36)22-30/h5,8-13,19-20,22,28,37H,6-7,14-18,21,23H2,1-4H3. The summed E-state index contributed by atoms with van der Waals surface area (Å²) in [6.07, 6.45) is 6.48. The Morgan fingerprint density at radius 1 is 0.976 bits per heavy atom. The number of carbonyl (C=O) groups excluding carboxylic acids is 1. The maximum absolute atomic E-state index is 13.3. The Labute approximate surface area is 249 Å². The maximum atomic E-state index is 13.3. The van der Waals surface area contributed by atoms with Crippen molar-refractivity contribution < 1.29 is 19.0 Å². The first-order chi connectivity index (χ1) is 19.8. The fourth-order valence-electron chi connectivity index (χ4n) is 7.13. The van der Waals surface area contributed by atoms with Gasteiger partial charge in [0.25, 0.3) is 0 Å². The molecule has 0 amide bonds. The molecule has 41 heavy (non-hydrogen) atoms. The molecule has 3 aromatic carbocycles. The number of methoxy groups -OCH3 is 2. The van der Waals surface area contributed by atoms with Crippen LogP contribution in [0.1, 0.15) is 66.3 Å². The number of rotatable bonds is 10. The van der Waals surface area contributed by atoms with E-state index in [0.717, 1.165) is 55.7 Å². The van der Waals surface area contributed by atoms with Gasteiger partial charge in [-0.1, -0.05) is 41.9 Å². The van der Waals surface area contributed by atoms with Crippen molar-refractivity contribution in [2.24, 2.45) is 5.92 Å². The van der Waals surface area contributed by atoms with Gasteiger partial charge < -0.3 is 19.5 Å². The van der Waals surface area contributed by atoms with Gasteiger partial charge >= 0.3 is 5.97 Å². The minimum Gasteiger partial charge on any atom is -0.497 e. The normalized spacial score (nSPS) is 23.3. The van der Waals surface area contributed by atoms with Crippen LogP contribution in [0.25, 0.3) is 0 Å². The zero-order chi connectivity index (χ0) is 29.0. The van der Waals surface area contributed by atoms with Crippen LogP contribution in [0.5, 0.6) is 5.75 Å². The minimum absolute atomic E-state index is 0.0529. The number of benzene rings is 3. The molecule has 0 aromatic heterocycles. The van der Waals surface area contributed by atoms with E-state index in [4.69, 9.17) is 25.8 Å². The molecule has 0 radical (unpaired) electrons. The molecule has 1 fully saturated rings. The highest BCUT2D eigenvalue weighted by Gasteiger charge is 2.54. The summed E-state index contributed by atoms with van der Waals surface area (Å²) in [5.74, 6) is 1.18. The van der Waals surface area contributed by atoms with E-state index < -0.39 is 5.54 Å². The van der Waals surface area contributed by atoms with Gasteiger partial charge in [-0.15, -0.1) is 0 Å². The summed E-state index contributed by atoms with van der Waals surface area (Å²) >= 11 is 6.27. The molecule has 5 nitrogen and oxygen atoms in total. The first kappa shape index (κ1) is 29.5. The second kappa shape index (κ2) is 12.5. The zero-order valence-corrected chi connectivity index (χ0v) is 25.5. The quantitative estimate of drug-likeness (QED) is 0.196. The zero-order valence-electron chi connectivity index (χ0n) is 24.7. The predicted octanol–water partition coefficient (Wildman–Crippen LogP) is 7.97. The predicted molar refractivity (Wildman–Crippen MR) is 165 cm³/mol. The number of hydrogen-bond donors (Lipinski definition) is 1. The fraction of sp³-hybridized carbons (Fsp3) is 0.457. The topological polar surface area (TPSA) is 56.8 Å². The highest BCUT2D eigenvalue weighted by Crippen LogP contribution is 2.56. The molecule has 3 aromatic rings. The van der Waals surface area contributed by atoms with Gasteiger partial charge in [-0.05, 0) is 128 Å². The van der Waals surface area contributed by atoms with E-state index in [2.05, 4.69) is 43.4 Å². The number of aryl methyl sites for hydroxylation is 2. The number of hydrogen-bond acceptors (Lipinski definition) is 5. The van der Waals surface area contributed by atoms with Crippen LogP contribution in [0.4, 0.5) is 5.69 Å². The lowest BCUT2D eigenvalue weighted by Crippen LogP contribution is -2.53. The van der Waals surface area contributed by atoms with Gasteiger partial charge in [0.05, 0.1) is 20.8 Å². The van der Waals surface area contributed by atoms with Crippen LogP contribution in [0.3, 0.4) is 0 Å². The summed E-state index contributed by atoms with van der Waals surface area (Å²) in [5.41, 5.74) is 6.95. The molecule has 1 N–H and O–H groups in total. The first-order valence-electron chi connectivity index (χ1n) is 14.7. The van der Waals surface area contributed by atoms with Crippen molar-refractivity contribution in [1.29, 1.82) is 0 Å². The van der Waals surface area contributed by atoms with Crippen molar-refractivity contribution >= 4 is 23.3 Å². The summed E-state index contributed by atoms with van der Waals surface area (Å²) in [4.78, 5) is 13.3. The molecule has 0 aliphatic heterocycles. The van der Waals surface area contributed by atoms with Gasteiger partial charge in [0.1, 0.15) is 11.3 Å². The highest BCUT2D eigenvalue weighted by molar-refractivity contribution is 6.30. The van der Waals surface area contributed by atoms with Crippen LogP contribution in [-0.2, 0) is 32.7 Å². The Bertz CT molecular complexity index is 1360. The van der Waals surface area contributed by atoms with E-state index in [1.807, 2.05) is 36.4 Å². The summed E-state index contributed by atoms with van der Waals surface area (Å²) < 4.78 is 16.7. The lowest BCUT2D eigenvalue weighted by Gasteiger charge is -2.47. The van der Waals surface area contributed by atoms with Gasteiger partial charge in [0.2, 0.25) is 0 Å². The molecule has 2 aliphatic carbocycles. The van der Waals surface area contributed by atoms with Gasteiger partial charge in [0.15, 0.2) is 0 Å². The number of halogens is 1. The number of esters is 1. The van der Waals surface area contributed by atoms with Crippen LogP contribution in [0, 0.1) is 19.8 Å². The molecule has 0 saturated heterocycles. The van der Waals surface area contributed by atoms with Crippen molar-refractivity contribution in [3.63, 3.8) is 0 Å². The molecule has 0 bridgehead atoms. The summed E-state index contributed by atoms with van der Waals surface area (Å²) in [5, 5.41) is 4.19. The van der Waals surface area contributed by atoms with Gasteiger partial charge in [-0.2, -0.15) is 0 Å². The van der Waals surface area contributed by atoms with Crippen molar-refractivity contribution in [1.82, 2.24) is 0 Å². The van der Waals surface area contributed by atoms with Crippen LogP contribution in [0.2, 0.25) is 5.02 Å². The molecular formula is C35H42ClNO4. The fourth-order valence-corrected chi connectivity index (χ4v) is 7.32. The van der Waals surface area contributed by atoms with E-state index in [1.165, 1.54) is 29.4 Å². The molecule has 6 heteroatoms. The number of ether oxygens (including phenoxy) is 3. The molecular weight excluding hydrogens is 534 g/mol. The summed E-state index contributed by atoms with van der Waals surface area (Å²) in [7, 11) is 3.17. The number of fused-ring (bicyclic) bond motifs is 2. The van der Waals surface area contributed by atoms with Crippen LogP contribution in [-0.4, -0.2) is 32.3 Å². The lowest BCUT2D eigenvalue weighted by atomic mass is 9.60. The van der Waals surface area contributed by atoms with E-state index in [0.29, 0.717) is 30.4 Å². The van der Waals surface area contributed by atoms with Crippen LogP contribution in [0.15, 0.2) is 60.7 Å². The Kier molecular flexibility index (Phi) is 8.96. The van der Waals surface area contributed by atoms with Crippen molar-refractivity contribution in [2.75, 3.05) is 26.1 Å². The monoisotopic (exact) mass is 575 g/mol. The van der Waals surface area contributed by atoms with E-state index in [9.17, 15) is 4.79 Å². The number of carbonyl (C=O) groups is 1.